The van der Waals surface area contributed by atoms with E-state index >= 15 is 0 Å². The summed E-state index contributed by atoms with van der Waals surface area (Å²) in [4.78, 5) is 13.1. The van der Waals surface area contributed by atoms with Gasteiger partial charge in [-0.2, -0.15) is 0 Å². The first-order valence-corrected chi connectivity index (χ1v) is 4.89. The molecule has 0 saturated carbocycles. The van der Waals surface area contributed by atoms with Crippen LogP contribution in [0.15, 0.2) is 33.6 Å². The van der Waals surface area contributed by atoms with E-state index < -0.39 is 5.76 Å². The van der Waals surface area contributed by atoms with Gasteiger partial charge in [0, 0.05) is 5.56 Å². The summed E-state index contributed by atoms with van der Waals surface area (Å²) in [5.74, 6) is -0.0689. The molecule has 1 heterocycles. The van der Waals surface area contributed by atoms with Crippen molar-refractivity contribution < 1.29 is 4.52 Å². The molecule has 0 atom stereocenters. The first-order valence-electron chi connectivity index (χ1n) is 4.89. The highest BCUT2D eigenvalue weighted by molar-refractivity contribution is 5.54. The lowest BCUT2D eigenvalue weighted by molar-refractivity contribution is 0.388. The van der Waals surface area contributed by atoms with Crippen molar-refractivity contribution in [2.75, 3.05) is 0 Å². The molecule has 0 bridgehead atoms. The molecule has 0 unspecified atom stereocenters. The van der Waals surface area contributed by atoms with Crippen molar-refractivity contribution in [3.8, 4) is 11.4 Å². The number of nitrogens with one attached hydrogen (secondary N) is 1. The summed E-state index contributed by atoms with van der Waals surface area (Å²) in [6.45, 7) is 6.00. The third-order valence-electron chi connectivity index (χ3n) is 1.77. The molecule has 1 N–H and O–H groups in total. The molecule has 2 rings (SSSR count). The van der Waals surface area contributed by atoms with Gasteiger partial charge in [-0.15, -0.1) is 0 Å². The largest absolute Gasteiger partial charge is 0.439 e. The van der Waals surface area contributed by atoms with Crippen LogP contribution in [0.3, 0.4) is 0 Å². The van der Waals surface area contributed by atoms with Crippen LogP contribution in [0.4, 0.5) is 0 Å². The highest BCUT2D eigenvalue weighted by Crippen LogP contribution is 2.13. The fourth-order valence-corrected chi connectivity index (χ4v) is 1.07. The van der Waals surface area contributed by atoms with Gasteiger partial charge in [0.25, 0.3) is 0 Å². The Hall–Kier alpha value is -1.84. The normalized spacial score (nSPS) is 9.27. The van der Waals surface area contributed by atoms with Gasteiger partial charge in [-0.05, 0) is 6.92 Å². The molecule has 80 valence electrons. The van der Waals surface area contributed by atoms with Crippen molar-refractivity contribution in [3.05, 3.63) is 40.4 Å². The van der Waals surface area contributed by atoms with Crippen molar-refractivity contribution in [2.45, 2.75) is 20.8 Å². The van der Waals surface area contributed by atoms with Gasteiger partial charge in [-0.3, -0.25) is 9.51 Å². The summed E-state index contributed by atoms with van der Waals surface area (Å²) in [5.41, 5.74) is 2.01. The summed E-state index contributed by atoms with van der Waals surface area (Å²) in [7, 11) is 0. The van der Waals surface area contributed by atoms with E-state index in [0.717, 1.165) is 11.1 Å². The van der Waals surface area contributed by atoms with Crippen LogP contribution in [-0.4, -0.2) is 10.1 Å². The quantitative estimate of drug-likeness (QED) is 0.779. The van der Waals surface area contributed by atoms with E-state index in [1.807, 2.05) is 45.0 Å². The molecule has 0 aliphatic rings. The van der Waals surface area contributed by atoms with E-state index in [4.69, 9.17) is 0 Å². The monoisotopic (exact) mass is 206 g/mol. The average Bonchev–Trinajstić information content (AvgIpc) is 2.69. The van der Waals surface area contributed by atoms with E-state index in [0.29, 0.717) is 5.82 Å². The number of H-pyrrole nitrogens is 1. The zero-order valence-corrected chi connectivity index (χ0v) is 9.07. The Kier molecular flexibility index (Phi) is 3.85. The second-order valence-corrected chi connectivity index (χ2v) is 2.81. The minimum atomic E-state index is -0.532. The van der Waals surface area contributed by atoms with Crippen LogP contribution in [0.25, 0.3) is 11.4 Å². The number of aromatic nitrogens is 2. The minimum absolute atomic E-state index is 0.463. The summed E-state index contributed by atoms with van der Waals surface area (Å²) >= 11 is 0. The first-order chi connectivity index (χ1) is 7.25. The Balaban J connectivity index is 0.000000531. The predicted molar refractivity (Wildman–Crippen MR) is 58.6 cm³/mol. The second kappa shape index (κ2) is 5.14. The van der Waals surface area contributed by atoms with Gasteiger partial charge in [0.1, 0.15) is 0 Å². The molecule has 2 aromatic rings. The number of aryl methyl sites for hydroxylation is 1. The summed E-state index contributed by atoms with van der Waals surface area (Å²) < 4.78 is 4.39. The third-order valence-corrected chi connectivity index (χ3v) is 1.77. The van der Waals surface area contributed by atoms with E-state index in [2.05, 4.69) is 14.7 Å². The lowest BCUT2D eigenvalue weighted by atomic mass is 10.1. The van der Waals surface area contributed by atoms with Gasteiger partial charge < -0.3 is 0 Å². The van der Waals surface area contributed by atoms with Crippen LogP contribution >= 0.6 is 0 Å². The highest BCUT2D eigenvalue weighted by Gasteiger charge is 2.02. The molecule has 0 amide bonds. The van der Waals surface area contributed by atoms with E-state index in [9.17, 15) is 4.79 Å². The maximum absolute atomic E-state index is 10.6. The summed E-state index contributed by atoms with van der Waals surface area (Å²) in [6.07, 6.45) is 0. The Morgan fingerprint density at radius 2 is 1.80 bits per heavy atom. The third kappa shape index (κ3) is 2.80. The van der Waals surface area contributed by atoms with Crippen LogP contribution in [0, 0.1) is 6.92 Å². The molecule has 4 nitrogen and oxygen atoms in total. The number of aromatic amines is 1. The van der Waals surface area contributed by atoms with Crippen LogP contribution in [0.1, 0.15) is 19.4 Å². The van der Waals surface area contributed by atoms with E-state index in [-0.39, 0.29) is 0 Å². The van der Waals surface area contributed by atoms with Crippen LogP contribution in [0.5, 0.6) is 0 Å². The van der Waals surface area contributed by atoms with Crippen LogP contribution < -0.4 is 5.76 Å². The minimum Gasteiger partial charge on any atom is -0.296 e. The SMILES string of the molecule is CC.Cc1ccc(-c2noc(=O)[nH]2)cc1. The van der Waals surface area contributed by atoms with Gasteiger partial charge in [-0.25, -0.2) is 4.79 Å². The number of rotatable bonds is 1. The molecule has 15 heavy (non-hydrogen) atoms. The standard InChI is InChI=1S/C9H8N2O2.C2H6/c1-6-2-4-7(5-3-6)8-10-9(12)13-11-8;1-2/h2-5H,1H3,(H,10,11,12);1-2H3. The molecule has 0 saturated heterocycles. The van der Waals surface area contributed by atoms with Gasteiger partial charge >= 0.3 is 5.76 Å². The molecular formula is C11H14N2O2. The molecule has 0 spiro atoms. The average molecular weight is 206 g/mol. The highest BCUT2D eigenvalue weighted by atomic mass is 16.5. The Morgan fingerprint density at radius 1 is 1.20 bits per heavy atom. The van der Waals surface area contributed by atoms with Crippen molar-refractivity contribution in [1.29, 1.82) is 0 Å². The number of nitrogens with zero attached hydrogens (tertiary/aromatic N) is 1. The molecule has 4 heteroatoms. The van der Waals surface area contributed by atoms with Crippen LogP contribution in [-0.2, 0) is 0 Å². The van der Waals surface area contributed by atoms with Gasteiger partial charge in [0.15, 0.2) is 5.82 Å². The van der Waals surface area contributed by atoms with Crippen LogP contribution in [0.2, 0.25) is 0 Å². The van der Waals surface area contributed by atoms with Crippen molar-refractivity contribution in [2.24, 2.45) is 0 Å². The van der Waals surface area contributed by atoms with Gasteiger partial charge in [0.2, 0.25) is 0 Å². The van der Waals surface area contributed by atoms with Gasteiger partial charge in [0.05, 0.1) is 0 Å². The molecule has 0 aliphatic heterocycles. The number of benzene rings is 1. The Morgan fingerprint density at radius 3 is 2.27 bits per heavy atom. The summed E-state index contributed by atoms with van der Waals surface area (Å²) in [5, 5.41) is 3.57. The fourth-order valence-electron chi connectivity index (χ4n) is 1.07. The van der Waals surface area contributed by atoms with Crippen molar-refractivity contribution in [3.63, 3.8) is 0 Å². The number of hydrogen-bond donors (Lipinski definition) is 1. The smallest absolute Gasteiger partial charge is 0.296 e. The van der Waals surface area contributed by atoms with E-state index in [1.54, 1.807) is 0 Å². The maximum Gasteiger partial charge on any atom is 0.439 e. The topological polar surface area (TPSA) is 58.9 Å². The molecule has 1 aromatic heterocycles. The van der Waals surface area contributed by atoms with Crippen molar-refractivity contribution >= 4 is 0 Å². The zero-order valence-electron chi connectivity index (χ0n) is 9.07. The molecular weight excluding hydrogens is 192 g/mol. The van der Waals surface area contributed by atoms with Crippen molar-refractivity contribution in [1.82, 2.24) is 10.1 Å². The fraction of sp³-hybridized carbons (Fsp3) is 0.273. The molecule has 0 aliphatic carbocycles. The first kappa shape index (κ1) is 11.2. The number of hydrogen-bond acceptors (Lipinski definition) is 3. The molecule has 0 fully saturated rings. The zero-order chi connectivity index (χ0) is 11.3. The lowest BCUT2D eigenvalue weighted by Gasteiger charge is -1.94. The predicted octanol–water partition coefficient (Wildman–Crippen LogP) is 2.36. The Labute approximate surface area is 87.9 Å². The molecule has 1 aromatic carbocycles. The van der Waals surface area contributed by atoms with Gasteiger partial charge in [-0.1, -0.05) is 48.8 Å². The second-order valence-electron chi connectivity index (χ2n) is 2.81. The summed E-state index contributed by atoms with van der Waals surface area (Å²) in [6, 6.07) is 7.65. The Bertz CT molecular complexity index is 454. The molecule has 0 radical (unpaired) electrons. The van der Waals surface area contributed by atoms with E-state index in [1.165, 1.54) is 0 Å². The lowest BCUT2D eigenvalue weighted by Crippen LogP contribution is -1.94. The maximum atomic E-state index is 10.6.